The molecule has 1 heterocycles. The lowest BCUT2D eigenvalue weighted by Crippen LogP contribution is -2.35. The number of aryl methyl sites for hydroxylation is 1. The summed E-state index contributed by atoms with van der Waals surface area (Å²) in [5, 5.41) is 2.22. The SMILES string of the molecule is [2H]c1c(C)[n+](C)c(-c2cc3c(cc2C)-c2ccccc2C3(C)C)c2ccc(CC(C)C)cc12. The van der Waals surface area contributed by atoms with Gasteiger partial charge in [-0.2, -0.15) is 4.57 Å². The lowest BCUT2D eigenvalue weighted by atomic mass is 9.81. The first-order valence-electron chi connectivity index (χ1n) is 12.3. The molecule has 0 radical (unpaired) electrons. The van der Waals surface area contributed by atoms with Crippen molar-refractivity contribution in [3.8, 4) is 22.4 Å². The van der Waals surface area contributed by atoms with Gasteiger partial charge in [-0.05, 0) is 70.2 Å². The Balaban J connectivity index is 1.80. The predicted octanol–water partition coefficient (Wildman–Crippen LogP) is 7.45. The Bertz CT molecular complexity index is 1430. The van der Waals surface area contributed by atoms with Crippen molar-refractivity contribution < 1.29 is 5.94 Å². The highest BCUT2D eigenvalue weighted by Crippen LogP contribution is 2.50. The fourth-order valence-electron chi connectivity index (χ4n) is 5.56. The van der Waals surface area contributed by atoms with Crippen LogP contribution in [0.2, 0.25) is 0 Å². The molecule has 4 aromatic rings. The molecule has 3 aromatic carbocycles. The fourth-order valence-corrected chi connectivity index (χ4v) is 5.56. The van der Waals surface area contributed by atoms with Gasteiger partial charge in [0.25, 0.3) is 0 Å². The second-order valence-corrected chi connectivity index (χ2v) is 10.5. The molecule has 1 aromatic heterocycles. The second-order valence-electron chi connectivity index (χ2n) is 10.5. The van der Waals surface area contributed by atoms with E-state index in [0.29, 0.717) is 12.0 Å². The van der Waals surface area contributed by atoms with E-state index >= 15 is 0 Å². The molecule has 0 atom stereocenters. The molecular weight excluding hydrogens is 386 g/mol. The third-order valence-electron chi connectivity index (χ3n) is 7.32. The summed E-state index contributed by atoms with van der Waals surface area (Å²) in [5.74, 6) is 0.597. The van der Waals surface area contributed by atoms with Crippen LogP contribution in [0, 0.1) is 19.8 Å². The van der Waals surface area contributed by atoms with E-state index in [2.05, 4.69) is 108 Å². The molecule has 32 heavy (non-hydrogen) atoms. The van der Waals surface area contributed by atoms with Crippen LogP contribution >= 0.6 is 0 Å². The summed E-state index contributed by atoms with van der Waals surface area (Å²) in [5.41, 5.74) is 11.6. The van der Waals surface area contributed by atoms with Crippen molar-refractivity contribution in [3.05, 3.63) is 88.6 Å². The average molecular weight is 422 g/mol. The van der Waals surface area contributed by atoms with Crippen LogP contribution in [0.3, 0.4) is 0 Å². The van der Waals surface area contributed by atoms with Gasteiger partial charge in [0.05, 0.1) is 12.3 Å². The Morgan fingerprint density at radius 3 is 2.41 bits per heavy atom. The van der Waals surface area contributed by atoms with E-state index in [1.54, 1.807) is 0 Å². The van der Waals surface area contributed by atoms with E-state index in [1.165, 1.54) is 44.6 Å². The Morgan fingerprint density at radius 2 is 1.66 bits per heavy atom. The van der Waals surface area contributed by atoms with Crippen LogP contribution in [0.15, 0.2) is 60.6 Å². The third kappa shape index (κ3) is 3.10. The smallest absolute Gasteiger partial charge is 0.198 e. The minimum Gasteiger partial charge on any atom is -0.198 e. The van der Waals surface area contributed by atoms with Crippen molar-refractivity contribution in [2.24, 2.45) is 13.0 Å². The van der Waals surface area contributed by atoms with Gasteiger partial charge in [0.2, 0.25) is 5.69 Å². The molecule has 0 saturated heterocycles. The number of nitrogens with zero attached hydrogens (tertiary/aromatic N) is 1. The zero-order valence-electron chi connectivity index (χ0n) is 21.4. The molecule has 0 bridgehead atoms. The molecule has 0 spiro atoms. The summed E-state index contributed by atoms with van der Waals surface area (Å²) in [7, 11) is 2.11. The summed E-state index contributed by atoms with van der Waals surface area (Å²) in [6.45, 7) is 13.5. The Kier molecular flexibility index (Phi) is 4.50. The zero-order chi connectivity index (χ0) is 23.7. The lowest BCUT2D eigenvalue weighted by molar-refractivity contribution is -0.665. The zero-order valence-corrected chi connectivity index (χ0v) is 20.4. The van der Waals surface area contributed by atoms with Gasteiger partial charge in [-0.15, -0.1) is 0 Å². The first kappa shape index (κ1) is 19.7. The number of aromatic nitrogens is 1. The van der Waals surface area contributed by atoms with Gasteiger partial charge < -0.3 is 0 Å². The maximum Gasteiger partial charge on any atom is 0.220 e. The van der Waals surface area contributed by atoms with E-state index in [1.807, 2.05) is 0 Å². The summed E-state index contributed by atoms with van der Waals surface area (Å²) in [6.07, 6.45) is 1.04. The van der Waals surface area contributed by atoms with E-state index in [9.17, 15) is 0 Å². The van der Waals surface area contributed by atoms with Gasteiger partial charge in [-0.25, -0.2) is 0 Å². The molecule has 0 aliphatic heterocycles. The molecule has 0 saturated carbocycles. The maximum absolute atomic E-state index is 8.87. The van der Waals surface area contributed by atoms with E-state index in [-0.39, 0.29) is 5.41 Å². The third-order valence-corrected chi connectivity index (χ3v) is 7.32. The van der Waals surface area contributed by atoms with Gasteiger partial charge in [0.1, 0.15) is 7.05 Å². The van der Waals surface area contributed by atoms with Crippen LogP contribution in [0.25, 0.3) is 33.2 Å². The van der Waals surface area contributed by atoms with Crippen LogP contribution in [0.4, 0.5) is 0 Å². The van der Waals surface area contributed by atoms with Crippen molar-refractivity contribution in [2.75, 3.05) is 0 Å². The van der Waals surface area contributed by atoms with Crippen LogP contribution in [-0.2, 0) is 18.9 Å². The molecule has 0 unspecified atom stereocenters. The lowest BCUT2D eigenvalue weighted by Gasteiger charge is -2.22. The van der Waals surface area contributed by atoms with E-state index in [4.69, 9.17) is 1.37 Å². The van der Waals surface area contributed by atoms with Gasteiger partial charge in [-0.1, -0.05) is 70.2 Å². The number of hydrogen-bond donors (Lipinski definition) is 0. The van der Waals surface area contributed by atoms with Gasteiger partial charge in [0.15, 0.2) is 5.69 Å². The van der Waals surface area contributed by atoms with Crippen molar-refractivity contribution in [3.63, 3.8) is 0 Å². The molecule has 1 aliphatic rings. The van der Waals surface area contributed by atoms with E-state index < -0.39 is 0 Å². The van der Waals surface area contributed by atoms with Crippen molar-refractivity contribution in [1.29, 1.82) is 0 Å². The highest BCUT2D eigenvalue weighted by atomic mass is 14.9. The standard InChI is InChI=1S/C31H34N/c1-19(2)14-22-12-13-24-23(17-22)16-21(4)32(7)30(24)26-18-29-27(15-20(26)3)25-10-8-9-11-28(25)31(29,5)6/h8-13,15-19H,14H2,1-7H3/q+1/i16D. The Labute approximate surface area is 194 Å². The summed E-state index contributed by atoms with van der Waals surface area (Å²) >= 11 is 0. The largest absolute Gasteiger partial charge is 0.220 e. The highest BCUT2D eigenvalue weighted by molar-refractivity contribution is 5.95. The topological polar surface area (TPSA) is 3.88 Å². The number of fused-ring (bicyclic) bond motifs is 4. The quantitative estimate of drug-likeness (QED) is 0.302. The molecule has 0 N–H and O–H groups in total. The van der Waals surface area contributed by atoms with Crippen molar-refractivity contribution in [2.45, 2.75) is 53.4 Å². The summed E-state index contributed by atoms with van der Waals surface area (Å²) in [6, 6.07) is 21.0. The van der Waals surface area contributed by atoms with Crippen LogP contribution in [0.5, 0.6) is 0 Å². The van der Waals surface area contributed by atoms with Crippen LogP contribution in [-0.4, -0.2) is 0 Å². The van der Waals surface area contributed by atoms with Crippen LogP contribution < -0.4 is 4.57 Å². The summed E-state index contributed by atoms with van der Waals surface area (Å²) in [4.78, 5) is 0. The number of rotatable bonds is 3. The molecule has 1 aliphatic carbocycles. The van der Waals surface area contributed by atoms with Gasteiger partial charge in [-0.3, -0.25) is 0 Å². The Hall–Kier alpha value is -2.93. The molecule has 0 fully saturated rings. The summed E-state index contributed by atoms with van der Waals surface area (Å²) < 4.78 is 11.1. The average Bonchev–Trinajstić information content (AvgIpc) is 2.99. The minimum absolute atomic E-state index is 0.0302. The molecule has 1 nitrogen and oxygen atoms in total. The number of hydrogen-bond acceptors (Lipinski definition) is 0. The van der Waals surface area contributed by atoms with Crippen molar-refractivity contribution in [1.82, 2.24) is 0 Å². The molecule has 162 valence electrons. The first-order chi connectivity index (χ1) is 15.6. The predicted molar refractivity (Wildman–Crippen MR) is 136 cm³/mol. The molecular formula is C31H34N+. The molecule has 5 rings (SSSR count). The van der Waals surface area contributed by atoms with E-state index in [0.717, 1.165) is 22.9 Å². The van der Waals surface area contributed by atoms with Gasteiger partial charge >= 0.3 is 0 Å². The maximum atomic E-state index is 8.87. The highest BCUT2D eigenvalue weighted by Gasteiger charge is 2.36. The second kappa shape index (κ2) is 7.30. The van der Waals surface area contributed by atoms with Crippen molar-refractivity contribution >= 4 is 10.8 Å². The molecule has 0 amide bonds. The number of pyridine rings is 1. The van der Waals surface area contributed by atoms with Crippen LogP contribution in [0.1, 0.15) is 57.0 Å². The minimum atomic E-state index is -0.0302. The normalized spacial score (nSPS) is 14.6. The Morgan fingerprint density at radius 1 is 0.906 bits per heavy atom. The van der Waals surface area contributed by atoms with Gasteiger partial charge in [0, 0.05) is 18.4 Å². The fraction of sp³-hybridized carbons (Fsp3) is 0.323. The first-order valence-corrected chi connectivity index (χ1v) is 11.8. The molecule has 1 heteroatoms. The monoisotopic (exact) mass is 421 g/mol. The number of benzene rings is 3.